The number of halogens is 1. The Bertz CT molecular complexity index is 1390. The fraction of sp³-hybridized carbons (Fsp3) is 0.250. The second-order valence-electron chi connectivity index (χ2n) is 9.16. The number of benzene rings is 3. The highest BCUT2D eigenvalue weighted by Gasteiger charge is 2.44. The Hall–Kier alpha value is -3.60. The molecule has 4 aromatic rings. The summed E-state index contributed by atoms with van der Waals surface area (Å²) in [6.07, 6.45) is 3.87. The number of carboxylic acids is 1. The molecule has 0 radical (unpaired) electrons. The van der Waals surface area contributed by atoms with Gasteiger partial charge in [0.05, 0.1) is 11.4 Å². The van der Waals surface area contributed by atoms with Crippen LogP contribution in [0.3, 0.4) is 0 Å². The standard InChI is InChI=1S/C28H24FNO3/c1-30-14-13-17-3-2-4-21(27(17)30)19-9-11-24(29)26-20(19)10-12-25(26)33-18-7-5-16(6-8-18)22-15-23(22)28(31)32/h2-9,11,13-14,22-23,25H,10,12,15H2,1H3,(H,31,32)/t22-,23+,25-/m1/s1. The van der Waals surface area contributed by atoms with Crippen LogP contribution in [-0.2, 0) is 18.3 Å². The number of rotatable bonds is 5. The van der Waals surface area contributed by atoms with E-state index in [4.69, 9.17) is 9.84 Å². The third kappa shape index (κ3) is 3.30. The third-order valence-electron chi connectivity index (χ3n) is 7.16. The molecule has 1 heterocycles. The lowest BCUT2D eigenvalue weighted by atomic mass is 9.95. The van der Waals surface area contributed by atoms with Gasteiger partial charge >= 0.3 is 5.97 Å². The van der Waals surface area contributed by atoms with Crippen LogP contribution in [0.4, 0.5) is 4.39 Å². The first-order chi connectivity index (χ1) is 16.0. The molecule has 1 aromatic heterocycles. The quantitative estimate of drug-likeness (QED) is 0.399. The van der Waals surface area contributed by atoms with Crippen molar-refractivity contribution in [3.8, 4) is 16.9 Å². The molecule has 1 fully saturated rings. The maximum atomic E-state index is 15.0. The zero-order valence-corrected chi connectivity index (χ0v) is 18.3. The second kappa shape index (κ2) is 7.48. The summed E-state index contributed by atoms with van der Waals surface area (Å²) in [5, 5.41) is 10.3. The number of aromatic nitrogens is 1. The van der Waals surface area contributed by atoms with Crippen LogP contribution in [0.1, 0.15) is 41.6 Å². The van der Waals surface area contributed by atoms with Crippen LogP contribution < -0.4 is 4.74 Å². The van der Waals surface area contributed by atoms with E-state index in [1.165, 1.54) is 5.39 Å². The van der Waals surface area contributed by atoms with E-state index in [1.807, 2.05) is 49.6 Å². The summed E-state index contributed by atoms with van der Waals surface area (Å²) in [4.78, 5) is 11.1. The van der Waals surface area contributed by atoms with E-state index in [1.54, 1.807) is 6.07 Å². The normalized spacial score (nSPS) is 21.2. The van der Waals surface area contributed by atoms with Crippen molar-refractivity contribution in [3.05, 3.63) is 89.4 Å². The smallest absolute Gasteiger partial charge is 0.307 e. The number of hydrogen-bond donors (Lipinski definition) is 1. The van der Waals surface area contributed by atoms with Crippen molar-refractivity contribution < 1.29 is 19.0 Å². The van der Waals surface area contributed by atoms with Crippen molar-refractivity contribution in [2.75, 3.05) is 0 Å². The molecule has 0 spiro atoms. The first-order valence-corrected chi connectivity index (χ1v) is 11.4. The van der Waals surface area contributed by atoms with Crippen LogP contribution in [0, 0.1) is 11.7 Å². The minimum absolute atomic E-state index is 0.0870. The first-order valence-electron chi connectivity index (χ1n) is 11.4. The van der Waals surface area contributed by atoms with Gasteiger partial charge in [-0.1, -0.05) is 36.4 Å². The van der Waals surface area contributed by atoms with E-state index in [-0.39, 0.29) is 23.8 Å². The van der Waals surface area contributed by atoms with Crippen molar-refractivity contribution in [2.45, 2.75) is 31.3 Å². The molecule has 3 atom stereocenters. The summed E-state index contributed by atoms with van der Waals surface area (Å²) < 4.78 is 23.4. The molecule has 166 valence electrons. The Kier molecular flexibility index (Phi) is 4.54. The highest BCUT2D eigenvalue weighted by molar-refractivity contribution is 5.95. The zero-order valence-electron chi connectivity index (χ0n) is 18.3. The molecule has 0 unspecified atom stereocenters. The Morgan fingerprint density at radius 1 is 1.06 bits per heavy atom. The van der Waals surface area contributed by atoms with Crippen molar-refractivity contribution in [1.29, 1.82) is 0 Å². The predicted octanol–water partition coefficient (Wildman–Crippen LogP) is 6.24. The van der Waals surface area contributed by atoms with E-state index in [0.29, 0.717) is 17.7 Å². The van der Waals surface area contributed by atoms with Crippen molar-refractivity contribution in [2.24, 2.45) is 13.0 Å². The minimum atomic E-state index is -0.736. The molecule has 4 nitrogen and oxygen atoms in total. The lowest BCUT2D eigenvalue weighted by Gasteiger charge is -2.17. The summed E-state index contributed by atoms with van der Waals surface area (Å²) in [6.45, 7) is 0. The van der Waals surface area contributed by atoms with Gasteiger partial charge in [0.2, 0.25) is 0 Å². The van der Waals surface area contributed by atoms with Gasteiger partial charge in [-0.2, -0.15) is 0 Å². The zero-order chi connectivity index (χ0) is 22.7. The molecule has 5 heteroatoms. The number of fused-ring (bicyclic) bond motifs is 2. The molecule has 2 aliphatic rings. The van der Waals surface area contributed by atoms with Crippen LogP contribution >= 0.6 is 0 Å². The Balaban J connectivity index is 1.31. The average molecular weight is 442 g/mol. The Labute approximate surface area is 191 Å². The van der Waals surface area contributed by atoms with Gasteiger partial charge in [0.1, 0.15) is 17.7 Å². The molecule has 0 saturated heterocycles. The fourth-order valence-electron chi connectivity index (χ4n) is 5.41. The number of carbonyl (C=O) groups is 1. The Morgan fingerprint density at radius 3 is 2.64 bits per heavy atom. The van der Waals surface area contributed by atoms with Gasteiger partial charge < -0.3 is 14.4 Å². The van der Waals surface area contributed by atoms with Crippen LogP contribution in [0.25, 0.3) is 22.0 Å². The van der Waals surface area contributed by atoms with Gasteiger partial charge in [0.15, 0.2) is 0 Å². The molecule has 0 bridgehead atoms. The number of aliphatic carboxylic acids is 1. The number of carboxylic acid groups (broad SMARTS) is 1. The molecular weight excluding hydrogens is 417 g/mol. The average Bonchev–Trinajstić information content (AvgIpc) is 3.38. The van der Waals surface area contributed by atoms with Gasteiger partial charge in [0.25, 0.3) is 0 Å². The van der Waals surface area contributed by atoms with E-state index in [9.17, 15) is 4.79 Å². The fourth-order valence-corrected chi connectivity index (χ4v) is 5.41. The first kappa shape index (κ1) is 20.0. The van der Waals surface area contributed by atoms with E-state index < -0.39 is 5.97 Å². The van der Waals surface area contributed by atoms with E-state index in [2.05, 4.69) is 22.8 Å². The largest absolute Gasteiger partial charge is 0.486 e. The highest BCUT2D eigenvalue weighted by Crippen LogP contribution is 2.48. The molecule has 3 aromatic carbocycles. The van der Waals surface area contributed by atoms with Crippen LogP contribution in [0.2, 0.25) is 0 Å². The van der Waals surface area contributed by atoms with Gasteiger partial charge in [-0.05, 0) is 66.1 Å². The summed E-state index contributed by atoms with van der Waals surface area (Å²) in [6, 6.07) is 19.4. The predicted molar refractivity (Wildman–Crippen MR) is 125 cm³/mol. The molecule has 1 N–H and O–H groups in total. The lowest BCUT2D eigenvalue weighted by Crippen LogP contribution is -2.06. The van der Waals surface area contributed by atoms with Gasteiger partial charge in [-0.25, -0.2) is 4.39 Å². The lowest BCUT2D eigenvalue weighted by molar-refractivity contribution is -0.138. The molecule has 6 rings (SSSR count). The van der Waals surface area contributed by atoms with Crippen molar-refractivity contribution in [3.63, 3.8) is 0 Å². The van der Waals surface area contributed by atoms with E-state index in [0.717, 1.165) is 40.6 Å². The third-order valence-corrected chi connectivity index (χ3v) is 7.16. The summed E-state index contributed by atoms with van der Waals surface area (Å²) in [7, 11) is 2.03. The maximum absolute atomic E-state index is 15.0. The number of ether oxygens (including phenoxy) is 1. The van der Waals surface area contributed by atoms with Crippen LogP contribution in [0.15, 0.2) is 66.9 Å². The summed E-state index contributed by atoms with van der Waals surface area (Å²) >= 11 is 0. The number of aryl methyl sites for hydroxylation is 1. The number of nitrogens with zero attached hydrogens (tertiary/aromatic N) is 1. The minimum Gasteiger partial charge on any atom is -0.486 e. The molecule has 0 aliphatic heterocycles. The van der Waals surface area contributed by atoms with Gasteiger partial charge in [-0.3, -0.25) is 4.79 Å². The van der Waals surface area contributed by atoms with Crippen LogP contribution in [0.5, 0.6) is 5.75 Å². The number of para-hydroxylation sites is 1. The topological polar surface area (TPSA) is 51.5 Å². The highest BCUT2D eigenvalue weighted by atomic mass is 19.1. The number of hydrogen-bond acceptors (Lipinski definition) is 2. The molecule has 2 aliphatic carbocycles. The SMILES string of the molecule is Cn1ccc2cccc(-c3ccc(F)c4c3CC[C@H]4Oc3ccc([C@H]4C[C@@H]4C(=O)O)cc3)c21. The molecular formula is C28H24FNO3. The summed E-state index contributed by atoms with van der Waals surface area (Å²) in [5.41, 5.74) is 6.01. The maximum Gasteiger partial charge on any atom is 0.307 e. The molecule has 0 amide bonds. The Morgan fingerprint density at radius 2 is 1.88 bits per heavy atom. The molecule has 33 heavy (non-hydrogen) atoms. The second-order valence-corrected chi connectivity index (χ2v) is 9.16. The summed E-state index contributed by atoms with van der Waals surface area (Å²) in [5.74, 6) is -0.475. The van der Waals surface area contributed by atoms with Gasteiger partial charge in [-0.15, -0.1) is 0 Å². The van der Waals surface area contributed by atoms with E-state index >= 15 is 4.39 Å². The monoisotopic (exact) mass is 441 g/mol. The molecule has 1 saturated carbocycles. The van der Waals surface area contributed by atoms with Crippen LogP contribution in [-0.4, -0.2) is 15.6 Å². The van der Waals surface area contributed by atoms with Crippen molar-refractivity contribution >= 4 is 16.9 Å². The van der Waals surface area contributed by atoms with Crippen molar-refractivity contribution in [1.82, 2.24) is 4.57 Å². The van der Waals surface area contributed by atoms with Gasteiger partial charge in [0, 0.05) is 29.8 Å².